The number of methoxy groups -OCH3 is 1. The van der Waals surface area contributed by atoms with Crippen molar-refractivity contribution in [2.75, 3.05) is 30.1 Å². The molecule has 0 aliphatic rings. The summed E-state index contributed by atoms with van der Waals surface area (Å²) < 4.78 is 7.17. The number of ether oxygens (including phenoxy) is 1. The molecule has 3 N–H and O–H groups in total. The standard InChI is InChI=1S/C25H28N8O2/c1-16-6-7-18(31-24(34)17-8-10-27-20(12-17)25(2,3)35-5)13-19(16)32-22-9-11-30-33(22)23-14-21(26-4)28-15-29-23/h6-15,32H,1-5H3,(H,31,34)(H,26,28,29). The average molecular weight is 473 g/mol. The molecule has 0 bridgehead atoms. The SMILES string of the molecule is CNc1cc(-n2nccc2Nc2cc(NC(=O)c3ccnc(C(C)(C)OC)c3)ccc2C)ncn1. The highest BCUT2D eigenvalue weighted by molar-refractivity contribution is 6.04. The van der Waals surface area contributed by atoms with Gasteiger partial charge < -0.3 is 20.7 Å². The number of aromatic nitrogens is 5. The molecule has 4 rings (SSSR count). The van der Waals surface area contributed by atoms with E-state index < -0.39 is 5.60 Å². The van der Waals surface area contributed by atoms with Crippen molar-refractivity contribution in [3.63, 3.8) is 0 Å². The molecule has 0 radical (unpaired) electrons. The third-order valence-electron chi connectivity index (χ3n) is 5.68. The normalized spacial score (nSPS) is 11.2. The minimum atomic E-state index is -0.599. The highest BCUT2D eigenvalue weighted by Gasteiger charge is 2.22. The number of nitrogens with one attached hydrogen (secondary N) is 3. The van der Waals surface area contributed by atoms with Gasteiger partial charge in [-0.25, -0.2) is 9.97 Å². The Bertz CT molecular complexity index is 1350. The van der Waals surface area contributed by atoms with E-state index in [0.29, 0.717) is 28.6 Å². The van der Waals surface area contributed by atoms with Gasteiger partial charge in [0.1, 0.15) is 23.6 Å². The second-order valence-corrected chi connectivity index (χ2v) is 8.39. The molecule has 0 saturated heterocycles. The summed E-state index contributed by atoms with van der Waals surface area (Å²) in [6.45, 7) is 5.79. The summed E-state index contributed by atoms with van der Waals surface area (Å²) in [6.07, 6.45) is 4.78. The fourth-order valence-corrected chi connectivity index (χ4v) is 3.36. The highest BCUT2D eigenvalue weighted by Crippen LogP contribution is 2.27. The van der Waals surface area contributed by atoms with Gasteiger partial charge >= 0.3 is 0 Å². The van der Waals surface area contributed by atoms with Gasteiger partial charge in [-0.2, -0.15) is 9.78 Å². The first-order valence-corrected chi connectivity index (χ1v) is 11.1. The summed E-state index contributed by atoms with van der Waals surface area (Å²) in [5.74, 6) is 1.79. The van der Waals surface area contributed by atoms with Crippen LogP contribution in [0.25, 0.3) is 5.82 Å². The van der Waals surface area contributed by atoms with Crippen LogP contribution in [-0.2, 0) is 10.3 Å². The molecular weight excluding hydrogens is 444 g/mol. The van der Waals surface area contributed by atoms with Gasteiger partial charge in [-0.3, -0.25) is 9.78 Å². The number of hydrogen-bond donors (Lipinski definition) is 3. The van der Waals surface area contributed by atoms with Crippen LogP contribution < -0.4 is 16.0 Å². The van der Waals surface area contributed by atoms with Crippen LogP contribution in [0.5, 0.6) is 0 Å². The van der Waals surface area contributed by atoms with Crippen molar-refractivity contribution in [1.29, 1.82) is 0 Å². The number of rotatable bonds is 8. The summed E-state index contributed by atoms with van der Waals surface area (Å²) in [5, 5.41) is 13.7. The Morgan fingerprint density at radius 3 is 2.63 bits per heavy atom. The van der Waals surface area contributed by atoms with E-state index in [-0.39, 0.29) is 5.91 Å². The van der Waals surface area contributed by atoms with Crippen molar-refractivity contribution < 1.29 is 9.53 Å². The number of aryl methyl sites for hydroxylation is 1. The Kier molecular flexibility index (Phi) is 6.74. The molecule has 35 heavy (non-hydrogen) atoms. The monoisotopic (exact) mass is 472 g/mol. The number of carbonyl (C=O) groups is 1. The van der Waals surface area contributed by atoms with E-state index in [0.717, 1.165) is 17.1 Å². The van der Waals surface area contributed by atoms with Crippen LogP contribution in [0.4, 0.5) is 23.0 Å². The van der Waals surface area contributed by atoms with Crippen LogP contribution in [0.3, 0.4) is 0 Å². The summed E-state index contributed by atoms with van der Waals surface area (Å²) in [4.78, 5) is 25.8. The lowest BCUT2D eigenvalue weighted by Crippen LogP contribution is -2.22. The number of hydrogen-bond acceptors (Lipinski definition) is 8. The van der Waals surface area contributed by atoms with Gasteiger partial charge in [0.25, 0.3) is 5.91 Å². The van der Waals surface area contributed by atoms with Crippen molar-refractivity contribution in [3.8, 4) is 5.82 Å². The van der Waals surface area contributed by atoms with Gasteiger partial charge in [0.15, 0.2) is 5.82 Å². The molecule has 10 nitrogen and oxygen atoms in total. The molecule has 0 unspecified atom stereocenters. The Labute approximate surface area is 203 Å². The van der Waals surface area contributed by atoms with Crippen molar-refractivity contribution in [3.05, 3.63) is 78.0 Å². The predicted molar refractivity (Wildman–Crippen MR) is 135 cm³/mol. The molecule has 0 saturated carbocycles. The Morgan fingerprint density at radius 1 is 1.03 bits per heavy atom. The molecule has 180 valence electrons. The van der Waals surface area contributed by atoms with Crippen molar-refractivity contribution in [1.82, 2.24) is 24.7 Å². The Morgan fingerprint density at radius 2 is 1.86 bits per heavy atom. The Hall–Kier alpha value is -4.31. The second kappa shape index (κ2) is 9.90. The van der Waals surface area contributed by atoms with Gasteiger partial charge in [0.2, 0.25) is 0 Å². The molecule has 0 spiro atoms. The zero-order valence-corrected chi connectivity index (χ0v) is 20.3. The summed E-state index contributed by atoms with van der Waals surface area (Å²) in [7, 11) is 3.41. The topological polar surface area (TPSA) is 119 Å². The van der Waals surface area contributed by atoms with Crippen LogP contribution >= 0.6 is 0 Å². The van der Waals surface area contributed by atoms with E-state index in [9.17, 15) is 4.79 Å². The minimum Gasteiger partial charge on any atom is -0.373 e. The molecule has 1 amide bonds. The van der Waals surface area contributed by atoms with E-state index in [1.54, 1.807) is 49.4 Å². The number of anilines is 4. The van der Waals surface area contributed by atoms with Crippen molar-refractivity contribution >= 4 is 28.9 Å². The smallest absolute Gasteiger partial charge is 0.255 e. The molecule has 0 aliphatic heterocycles. The van der Waals surface area contributed by atoms with Gasteiger partial charge in [-0.1, -0.05) is 6.07 Å². The molecule has 3 aromatic heterocycles. The third-order valence-corrected chi connectivity index (χ3v) is 5.68. The fourth-order valence-electron chi connectivity index (χ4n) is 3.36. The van der Waals surface area contributed by atoms with Gasteiger partial charge in [0, 0.05) is 49.4 Å². The van der Waals surface area contributed by atoms with Gasteiger partial charge in [-0.05, 0) is 50.6 Å². The molecule has 0 fully saturated rings. The van der Waals surface area contributed by atoms with E-state index >= 15 is 0 Å². The van der Waals surface area contributed by atoms with Crippen LogP contribution in [0, 0.1) is 6.92 Å². The lowest BCUT2D eigenvalue weighted by atomic mass is 10.0. The third kappa shape index (κ3) is 5.28. The van der Waals surface area contributed by atoms with E-state index in [1.807, 2.05) is 45.0 Å². The number of carbonyl (C=O) groups excluding carboxylic acids is 1. The average Bonchev–Trinajstić information content (AvgIpc) is 3.34. The molecular formula is C25H28N8O2. The lowest BCUT2D eigenvalue weighted by Gasteiger charge is -2.22. The van der Waals surface area contributed by atoms with E-state index in [1.165, 1.54) is 6.33 Å². The van der Waals surface area contributed by atoms with E-state index in [4.69, 9.17) is 4.74 Å². The predicted octanol–water partition coefficient (Wildman–Crippen LogP) is 4.28. The van der Waals surface area contributed by atoms with Crippen LogP contribution in [0.1, 0.15) is 35.5 Å². The summed E-state index contributed by atoms with van der Waals surface area (Å²) >= 11 is 0. The maximum atomic E-state index is 13.0. The minimum absolute atomic E-state index is 0.235. The van der Waals surface area contributed by atoms with Gasteiger partial charge in [-0.15, -0.1) is 0 Å². The molecule has 10 heteroatoms. The number of nitrogens with zero attached hydrogens (tertiary/aromatic N) is 5. The fraction of sp³-hybridized carbons (Fsp3) is 0.240. The molecule has 0 atom stereocenters. The van der Waals surface area contributed by atoms with Crippen LogP contribution in [0.15, 0.2) is 61.2 Å². The van der Waals surface area contributed by atoms with Crippen molar-refractivity contribution in [2.45, 2.75) is 26.4 Å². The zero-order chi connectivity index (χ0) is 25.0. The highest BCUT2D eigenvalue weighted by atomic mass is 16.5. The first-order valence-electron chi connectivity index (χ1n) is 11.1. The van der Waals surface area contributed by atoms with Crippen molar-refractivity contribution in [2.24, 2.45) is 0 Å². The largest absolute Gasteiger partial charge is 0.373 e. The number of benzene rings is 1. The zero-order valence-electron chi connectivity index (χ0n) is 20.3. The first kappa shape index (κ1) is 23.8. The maximum absolute atomic E-state index is 13.0. The molecule has 0 aliphatic carbocycles. The lowest BCUT2D eigenvalue weighted by molar-refractivity contribution is 0.0154. The Balaban J connectivity index is 1.56. The molecule has 3 heterocycles. The summed E-state index contributed by atoms with van der Waals surface area (Å²) in [5.41, 5.74) is 3.05. The summed E-state index contributed by atoms with van der Waals surface area (Å²) in [6, 6.07) is 12.8. The van der Waals surface area contributed by atoms with E-state index in [2.05, 4.69) is 36.0 Å². The maximum Gasteiger partial charge on any atom is 0.255 e. The molecule has 1 aromatic carbocycles. The number of pyridine rings is 1. The first-order chi connectivity index (χ1) is 16.8. The van der Waals surface area contributed by atoms with Crippen LogP contribution in [-0.4, -0.2) is 44.8 Å². The second-order valence-electron chi connectivity index (χ2n) is 8.39. The quantitative estimate of drug-likeness (QED) is 0.348. The molecule has 4 aromatic rings. The van der Waals surface area contributed by atoms with Gasteiger partial charge in [0.05, 0.1) is 11.9 Å². The number of amides is 1. The van der Waals surface area contributed by atoms with Crippen LogP contribution in [0.2, 0.25) is 0 Å².